The largest absolute Gasteiger partial charge is 0.445 e. The molecule has 0 aromatic heterocycles. The van der Waals surface area contributed by atoms with Gasteiger partial charge in [-0.3, -0.25) is 0 Å². The molecule has 0 aliphatic carbocycles. The van der Waals surface area contributed by atoms with Gasteiger partial charge in [0.05, 0.1) is 5.54 Å². The van der Waals surface area contributed by atoms with Gasteiger partial charge in [0.2, 0.25) is 0 Å². The number of benzene rings is 1. The molecule has 0 radical (unpaired) electrons. The average Bonchev–Trinajstić information content (AvgIpc) is 2.44. The number of alkyl carbamates (subject to hydrolysis) is 1. The number of carbonyl (C=O) groups excluding carboxylic acids is 1. The Morgan fingerprint density at radius 2 is 1.87 bits per heavy atom. The zero-order valence-electron chi connectivity index (χ0n) is 14.3. The van der Waals surface area contributed by atoms with Crippen LogP contribution >= 0.6 is 0 Å². The molecule has 0 aliphatic rings. The number of amides is 1. The van der Waals surface area contributed by atoms with Crippen LogP contribution in [0.3, 0.4) is 0 Å². The molecule has 23 heavy (non-hydrogen) atoms. The van der Waals surface area contributed by atoms with Gasteiger partial charge in [-0.05, 0) is 44.9 Å². The van der Waals surface area contributed by atoms with E-state index in [9.17, 15) is 4.79 Å². The van der Waals surface area contributed by atoms with Crippen LogP contribution in [-0.2, 0) is 10.3 Å². The molecule has 3 N–H and O–H groups in total. The van der Waals surface area contributed by atoms with Crippen LogP contribution in [-0.4, -0.2) is 12.7 Å². The topological polar surface area (TPSA) is 64.3 Å². The minimum Gasteiger partial charge on any atom is -0.445 e. The van der Waals surface area contributed by atoms with Crippen molar-refractivity contribution in [3.63, 3.8) is 0 Å². The van der Waals surface area contributed by atoms with Crippen molar-refractivity contribution in [1.29, 1.82) is 0 Å². The van der Waals surface area contributed by atoms with Crippen LogP contribution in [0.25, 0.3) is 0 Å². The molecule has 0 atom stereocenters. The van der Waals surface area contributed by atoms with Gasteiger partial charge in [-0.25, -0.2) is 4.79 Å². The first kappa shape index (κ1) is 18.6. The van der Waals surface area contributed by atoms with Crippen molar-refractivity contribution in [1.82, 2.24) is 5.32 Å². The molecule has 1 aromatic rings. The molecular weight excluding hydrogens is 288 g/mol. The van der Waals surface area contributed by atoms with Crippen molar-refractivity contribution in [2.24, 2.45) is 5.73 Å². The molecule has 1 amide bonds. The first-order valence-electron chi connectivity index (χ1n) is 7.51. The normalized spacial score (nSPS) is 12.7. The highest BCUT2D eigenvalue weighted by Crippen LogP contribution is 2.19. The fourth-order valence-electron chi connectivity index (χ4n) is 2.10. The summed E-state index contributed by atoms with van der Waals surface area (Å²) in [7, 11) is 0. The van der Waals surface area contributed by atoms with Gasteiger partial charge < -0.3 is 15.8 Å². The summed E-state index contributed by atoms with van der Waals surface area (Å²) >= 11 is 0. The Morgan fingerprint density at radius 1 is 1.26 bits per heavy atom. The van der Waals surface area contributed by atoms with Gasteiger partial charge in [-0.15, -0.1) is 0 Å². The van der Waals surface area contributed by atoms with Crippen LogP contribution in [0, 0.1) is 0 Å². The van der Waals surface area contributed by atoms with E-state index in [1.54, 1.807) is 13.0 Å². The lowest BCUT2D eigenvalue weighted by Gasteiger charge is -2.26. The molecule has 0 saturated heterocycles. The minimum atomic E-state index is -0.518. The maximum atomic E-state index is 12.1. The fourth-order valence-corrected chi connectivity index (χ4v) is 2.10. The van der Waals surface area contributed by atoms with E-state index in [2.05, 4.69) is 11.9 Å². The predicted octanol–water partition coefficient (Wildman–Crippen LogP) is 4.01. The summed E-state index contributed by atoms with van der Waals surface area (Å²) in [6.07, 6.45) is 3.13. The summed E-state index contributed by atoms with van der Waals surface area (Å²) in [5, 5.41) is 2.87. The van der Waals surface area contributed by atoms with Crippen molar-refractivity contribution >= 4 is 6.09 Å². The smallest absolute Gasteiger partial charge is 0.408 e. The van der Waals surface area contributed by atoms with Gasteiger partial charge >= 0.3 is 6.09 Å². The second-order valence-electron chi connectivity index (χ2n) is 6.15. The number of rotatable bonds is 6. The molecule has 0 spiro atoms. The van der Waals surface area contributed by atoms with Gasteiger partial charge in [0, 0.05) is 5.70 Å². The first-order chi connectivity index (χ1) is 10.7. The Hall–Kier alpha value is -2.49. The molecule has 4 nitrogen and oxygen atoms in total. The number of nitrogens with two attached hydrogens (primary N) is 1. The SMILES string of the molecule is C=C(C)/C=C(\C=C(\C)N)COC(=O)NC(C)(C)c1ccccc1. The maximum absolute atomic E-state index is 12.1. The summed E-state index contributed by atoms with van der Waals surface area (Å²) < 4.78 is 5.30. The number of hydrogen-bond acceptors (Lipinski definition) is 3. The van der Waals surface area contributed by atoms with Gasteiger partial charge in [0.1, 0.15) is 6.61 Å². The number of ether oxygens (including phenoxy) is 1. The zero-order chi connectivity index (χ0) is 17.5. The van der Waals surface area contributed by atoms with E-state index in [1.165, 1.54) is 0 Å². The van der Waals surface area contributed by atoms with Crippen molar-refractivity contribution in [3.8, 4) is 0 Å². The summed E-state index contributed by atoms with van der Waals surface area (Å²) in [4.78, 5) is 12.1. The number of allylic oxidation sites excluding steroid dienone is 3. The van der Waals surface area contributed by atoms with Gasteiger partial charge in [-0.1, -0.05) is 48.6 Å². The summed E-state index contributed by atoms with van der Waals surface area (Å²) in [5.74, 6) is 0. The third kappa shape index (κ3) is 6.87. The molecular formula is C19H26N2O2. The summed E-state index contributed by atoms with van der Waals surface area (Å²) in [6.45, 7) is 11.5. The van der Waals surface area contributed by atoms with Crippen molar-refractivity contribution in [3.05, 3.63) is 71.5 Å². The Balaban J connectivity index is 2.69. The third-order valence-electron chi connectivity index (χ3n) is 3.12. The minimum absolute atomic E-state index is 0.137. The summed E-state index contributed by atoms with van der Waals surface area (Å²) in [6, 6.07) is 9.74. The average molecular weight is 314 g/mol. The molecule has 0 heterocycles. The van der Waals surface area contributed by atoms with E-state index in [4.69, 9.17) is 10.5 Å². The van der Waals surface area contributed by atoms with Crippen LogP contribution in [0.1, 0.15) is 33.3 Å². The Morgan fingerprint density at radius 3 is 2.39 bits per heavy atom. The van der Waals surface area contributed by atoms with Crippen LogP contribution in [0.5, 0.6) is 0 Å². The Bertz CT molecular complexity index is 610. The van der Waals surface area contributed by atoms with E-state index in [0.717, 1.165) is 16.7 Å². The van der Waals surface area contributed by atoms with Crippen LogP contribution in [0.15, 0.2) is 65.9 Å². The number of nitrogens with one attached hydrogen (secondary N) is 1. The van der Waals surface area contributed by atoms with Crippen molar-refractivity contribution in [2.75, 3.05) is 6.61 Å². The monoisotopic (exact) mass is 314 g/mol. The van der Waals surface area contributed by atoms with Crippen LogP contribution in [0.4, 0.5) is 4.79 Å². The molecule has 0 saturated carbocycles. The Kier molecular flexibility index (Phi) is 6.64. The third-order valence-corrected chi connectivity index (χ3v) is 3.12. The highest BCUT2D eigenvalue weighted by molar-refractivity contribution is 5.69. The molecule has 4 heteroatoms. The van der Waals surface area contributed by atoms with E-state index in [-0.39, 0.29) is 6.61 Å². The number of carbonyl (C=O) groups is 1. The molecule has 1 rings (SSSR count). The van der Waals surface area contributed by atoms with Gasteiger partial charge in [0.25, 0.3) is 0 Å². The highest BCUT2D eigenvalue weighted by atomic mass is 16.5. The summed E-state index contributed by atoms with van der Waals surface area (Å²) in [5.41, 5.74) is 8.48. The maximum Gasteiger partial charge on any atom is 0.408 e. The predicted molar refractivity (Wildman–Crippen MR) is 94.8 cm³/mol. The van der Waals surface area contributed by atoms with E-state index in [0.29, 0.717) is 5.70 Å². The first-order valence-corrected chi connectivity index (χ1v) is 7.51. The fraction of sp³-hybridized carbons (Fsp3) is 0.316. The quantitative estimate of drug-likeness (QED) is 0.780. The van der Waals surface area contributed by atoms with E-state index >= 15 is 0 Å². The molecule has 124 valence electrons. The molecule has 0 fully saturated rings. The highest BCUT2D eigenvalue weighted by Gasteiger charge is 2.23. The standard InChI is InChI=1S/C19H26N2O2/c1-14(2)11-16(12-15(3)20)13-23-18(22)21-19(4,5)17-9-7-6-8-10-17/h6-12H,1,13,20H2,2-5H3,(H,21,22)/b15-12-,16-11+. The molecule has 0 bridgehead atoms. The van der Waals surface area contributed by atoms with Crippen LogP contribution in [0.2, 0.25) is 0 Å². The molecule has 0 unspecified atom stereocenters. The van der Waals surface area contributed by atoms with Crippen LogP contribution < -0.4 is 11.1 Å². The van der Waals surface area contributed by atoms with Gasteiger partial charge in [0.15, 0.2) is 0 Å². The van der Waals surface area contributed by atoms with E-state index in [1.807, 2.05) is 57.2 Å². The molecule has 0 aliphatic heterocycles. The van der Waals surface area contributed by atoms with Crippen molar-refractivity contribution in [2.45, 2.75) is 33.2 Å². The second-order valence-corrected chi connectivity index (χ2v) is 6.15. The lowest BCUT2D eigenvalue weighted by Crippen LogP contribution is -2.41. The Labute approximate surface area is 138 Å². The number of hydrogen-bond donors (Lipinski definition) is 2. The lowest BCUT2D eigenvalue weighted by molar-refractivity contribution is 0.145. The lowest BCUT2D eigenvalue weighted by atomic mass is 9.95. The molecule has 1 aromatic carbocycles. The van der Waals surface area contributed by atoms with E-state index < -0.39 is 11.6 Å². The zero-order valence-corrected chi connectivity index (χ0v) is 14.3. The second kappa shape index (κ2) is 8.22. The van der Waals surface area contributed by atoms with Gasteiger partial charge in [-0.2, -0.15) is 0 Å². The van der Waals surface area contributed by atoms with Crippen molar-refractivity contribution < 1.29 is 9.53 Å².